The Hall–Kier alpha value is -3.93. The molecule has 0 bridgehead atoms. The molecule has 1 aliphatic heterocycles. The summed E-state index contributed by atoms with van der Waals surface area (Å²) in [5, 5.41) is 3.10. The molecule has 1 aliphatic rings. The molecule has 3 aromatic carbocycles. The lowest BCUT2D eigenvalue weighted by Gasteiger charge is -2.47. The van der Waals surface area contributed by atoms with E-state index in [-0.39, 0.29) is 17.7 Å². The molecule has 0 aromatic heterocycles. The molecule has 1 N–H and O–H groups in total. The summed E-state index contributed by atoms with van der Waals surface area (Å²) in [6, 6.07) is 26.9. The molecule has 0 saturated carbocycles. The van der Waals surface area contributed by atoms with Gasteiger partial charge in [0.25, 0.3) is 5.91 Å². The highest BCUT2D eigenvalue weighted by Crippen LogP contribution is 2.33. The molecular weight excluding hydrogens is 450 g/mol. The summed E-state index contributed by atoms with van der Waals surface area (Å²) in [6.07, 6.45) is 0.745. The Balaban J connectivity index is 1.71. The van der Waals surface area contributed by atoms with Gasteiger partial charge in [-0.25, -0.2) is 0 Å². The van der Waals surface area contributed by atoms with Gasteiger partial charge in [-0.15, -0.1) is 0 Å². The van der Waals surface area contributed by atoms with Crippen molar-refractivity contribution >= 4 is 17.7 Å². The molecule has 0 radical (unpaired) electrons. The second kappa shape index (κ2) is 11.2. The Morgan fingerprint density at radius 2 is 1.39 bits per heavy atom. The highest BCUT2D eigenvalue weighted by atomic mass is 16.2. The summed E-state index contributed by atoms with van der Waals surface area (Å²) >= 11 is 0. The summed E-state index contributed by atoms with van der Waals surface area (Å²) in [6.45, 7) is 5.02. The van der Waals surface area contributed by atoms with Crippen LogP contribution in [0.1, 0.15) is 46.8 Å². The number of hydrogen-bond donors (Lipinski definition) is 1. The number of aryl methyl sites for hydroxylation is 1. The number of amides is 3. The van der Waals surface area contributed by atoms with E-state index in [1.165, 1.54) is 0 Å². The molecule has 0 spiro atoms. The second-order valence-corrected chi connectivity index (χ2v) is 9.45. The van der Waals surface area contributed by atoms with Gasteiger partial charge in [0, 0.05) is 38.7 Å². The minimum Gasteiger partial charge on any atom is -0.350 e. The fraction of sp³-hybridized carbons (Fsp3) is 0.300. The molecular formula is C30H33N3O3. The number of hydrogen-bond acceptors (Lipinski definition) is 3. The molecule has 6 nitrogen and oxygen atoms in total. The van der Waals surface area contributed by atoms with E-state index in [4.69, 9.17) is 0 Å². The van der Waals surface area contributed by atoms with E-state index in [2.05, 4.69) is 5.32 Å². The summed E-state index contributed by atoms with van der Waals surface area (Å²) in [5.74, 6) is -0.399. The van der Waals surface area contributed by atoms with Gasteiger partial charge in [0.15, 0.2) is 0 Å². The number of likely N-dealkylation sites (tertiary alicyclic amines) is 1. The van der Waals surface area contributed by atoms with Crippen LogP contribution in [0.4, 0.5) is 0 Å². The fourth-order valence-electron chi connectivity index (χ4n) is 4.79. The number of piperidine rings is 1. The lowest BCUT2D eigenvalue weighted by atomic mass is 9.83. The maximum atomic E-state index is 14.0. The Labute approximate surface area is 212 Å². The van der Waals surface area contributed by atoms with E-state index in [0.717, 1.165) is 16.7 Å². The molecule has 0 unspecified atom stereocenters. The first kappa shape index (κ1) is 25.2. The molecule has 0 atom stereocenters. The van der Waals surface area contributed by atoms with Gasteiger partial charge in [0.05, 0.1) is 0 Å². The van der Waals surface area contributed by atoms with Crippen molar-refractivity contribution in [1.29, 1.82) is 0 Å². The Morgan fingerprint density at radius 1 is 0.833 bits per heavy atom. The third-order valence-corrected chi connectivity index (χ3v) is 7.00. The quantitative estimate of drug-likeness (QED) is 0.544. The van der Waals surface area contributed by atoms with Crippen LogP contribution < -0.4 is 5.32 Å². The van der Waals surface area contributed by atoms with Crippen molar-refractivity contribution in [3.05, 3.63) is 107 Å². The van der Waals surface area contributed by atoms with Gasteiger partial charge in [-0.2, -0.15) is 0 Å². The zero-order valence-electron chi connectivity index (χ0n) is 20.9. The molecule has 3 aromatic rings. The SMILES string of the molecule is CC(=O)N1CCC(C(=O)NCc2ccccc2)(N(Cc2ccccc2)C(=O)c2ccc(C)cc2)CC1. The summed E-state index contributed by atoms with van der Waals surface area (Å²) in [4.78, 5) is 43.6. The Morgan fingerprint density at radius 3 is 1.94 bits per heavy atom. The molecule has 4 rings (SSSR count). The maximum Gasteiger partial charge on any atom is 0.255 e. The van der Waals surface area contributed by atoms with Gasteiger partial charge in [0.2, 0.25) is 11.8 Å². The molecule has 1 saturated heterocycles. The topological polar surface area (TPSA) is 69.7 Å². The normalized spacial score (nSPS) is 14.7. The fourth-order valence-corrected chi connectivity index (χ4v) is 4.79. The molecule has 186 valence electrons. The van der Waals surface area contributed by atoms with Crippen LogP contribution in [0.2, 0.25) is 0 Å². The summed E-state index contributed by atoms with van der Waals surface area (Å²) in [5.41, 5.74) is 2.45. The van der Waals surface area contributed by atoms with Crippen LogP contribution >= 0.6 is 0 Å². The maximum absolute atomic E-state index is 14.0. The average molecular weight is 484 g/mol. The number of nitrogens with one attached hydrogen (secondary N) is 1. The first-order valence-corrected chi connectivity index (χ1v) is 12.4. The van der Waals surface area contributed by atoms with Gasteiger partial charge >= 0.3 is 0 Å². The van der Waals surface area contributed by atoms with Crippen molar-refractivity contribution in [2.45, 2.75) is 45.3 Å². The minimum absolute atomic E-state index is 0.0206. The van der Waals surface area contributed by atoms with Crippen molar-refractivity contribution in [3.63, 3.8) is 0 Å². The number of benzene rings is 3. The number of nitrogens with zero attached hydrogens (tertiary/aromatic N) is 2. The van der Waals surface area contributed by atoms with Crippen LogP contribution in [0.25, 0.3) is 0 Å². The lowest BCUT2D eigenvalue weighted by Crippen LogP contribution is -2.64. The van der Waals surface area contributed by atoms with Crippen molar-refractivity contribution in [1.82, 2.24) is 15.1 Å². The highest BCUT2D eigenvalue weighted by Gasteiger charge is 2.48. The Kier molecular flexibility index (Phi) is 7.84. The molecule has 0 aliphatic carbocycles. The van der Waals surface area contributed by atoms with E-state index < -0.39 is 5.54 Å². The number of carbonyl (C=O) groups excluding carboxylic acids is 3. The predicted molar refractivity (Wildman–Crippen MR) is 140 cm³/mol. The van der Waals surface area contributed by atoms with Crippen LogP contribution in [0.5, 0.6) is 0 Å². The molecule has 3 amide bonds. The Bertz CT molecular complexity index is 1190. The molecule has 1 fully saturated rings. The van der Waals surface area contributed by atoms with E-state index >= 15 is 0 Å². The highest BCUT2D eigenvalue weighted by molar-refractivity contribution is 5.99. The summed E-state index contributed by atoms with van der Waals surface area (Å²) in [7, 11) is 0. The van der Waals surface area contributed by atoms with Crippen LogP contribution in [-0.4, -0.2) is 46.1 Å². The van der Waals surface area contributed by atoms with Gasteiger partial charge in [-0.1, -0.05) is 78.4 Å². The third kappa shape index (κ3) is 5.65. The van der Waals surface area contributed by atoms with E-state index in [9.17, 15) is 14.4 Å². The second-order valence-electron chi connectivity index (χ2n) is 9.45. The molecule has 36 heavy (non-hydrogen) atoms. The van der Waals surface area contributed by atoms with Gasteiger partial charge in [-0.3, -0.25) is 14.4 Å². The van der Waals surface area contributed by atoms with Crippen molar-refractivity contribution in [3.8, 4) is 0 Å². The van der Waals surface area contributed by atoms with E-state index in [1.807, 2.05) is 91.9 Å². The van der Waals surface area contributed by atoms with Gasteiger partial charge in [0.1, 0.15) is 5.54 Å². The van der Waals surface area contributed by atoms with E-state index in [1.54, 1.807) is 16.7 Å². The van der Waals surface area contributed by atoms with Crippen molar-refractivity contribution in [2.24, 2.45) is 0 Å². The summed E-state index contributed by atoms with van der Waals surface area (Å²) < 4.78 is 0. The lowest BCUT2D eigenvalue weighted by molar-refractivity contribution is -0.141. The van der Waals surface area contributed by atoms with Crippen LogP contribution in [0.3, 0.4) is 0 Å². The smallest absolute Gasteiger partial charge is 0.255 e. The first-order chi connectivity index (χ1) is 17.4. The van der Waals surface area contributed by atoms with Gasteiger partial charge < -0.3 is 15.1 Å². The number of rotatable bonds is 7. The zero-order chi connectivity index (χ0) is 25.5. The van der Waals surface area contributed by atoms with Crippen LogP contribution in [0, 0.1) is 6.92 Å². The zero-order valence-corrected chi connectivity index (χ0v) is 20.9. The van der Waals surface area contributed by atoms with Crippen LogP contribution in [-0.2, 0) is 22.7 Å². The average Bonchev–Trinajstić information content (AvgIpc) is 2.91. The minimum atomic E-state index is -1.08. The van der Waals surface area contributed by atoms with Gasteiger partial charge in [-0.05, 0) is 43.0 Å². The number of carbonyl (C=O) groups is 3. The predicted octanol–water partition coefficient (Wildman–Crippen LogP) is 4.33. The van der Waals surface area contributed by atoms with Crippen molar-refractivity contribution < 1.29 is 14.4 Å². The third-order valence-electron chi connectivity index (χ3n) is 7.00. The standard InChI is InChI=1S/C30H33N3O3/c1-23-13-15-27(16-14-23)28(35)33(22-26-11-7-4-8-12-26)30(17-19-32(20-18-30)24(2)34)29(36)31-21-25-9-5-3-6-10-25/h3-16H,17-22H2,1-2H3,(H,31,36). The first-order valence-electron chi connectivity index (χ1n) is 12.4. The largest absolute Gasteiger partial charge is 0.350 e. The van der Waals surface area contributed by atoms with Crippen molar-refractivity contribution in [2.75, 3.05) is 13.1 Å². The molecule has 1 heterocycles. The van der Waals surface area contributed by atoms with E-state index in [0.29, 0.717) is 44.6 Å². The van der Waals surface area contributed by atoms with Crippen LogP contribution in [0.15, 0.2) is 84.9 Å². The monoisotopic (exact) mass is 483 g/mol. The molecule has 6 heteroatoms.